The van der Waals surface area contributed by atoms with Crippen molar-refractivity contribution in [3.63, 3.8) is 0 Å². The number of hydrogen-bond acceptors (Lipinski definition) is 3. The van der Waals surface area contributed by atoms with Gasteiger partial charge in [-0.05, 0) is 30.7 Å². The summed E-state index contributed by atoms with van der Waals surface area (Å²) in [4.78, 5) is 0.0282. The van der Waals surface area contributed by atoms with E-state index in [1.807, 2.05) is 31.2 Å². The summed E-state index contributed by atoms with van der Waals surface area (Å²) in [6.07, 6.45) is 0. The molecule has 0 aliphatic rings. The monoisotopic (exact) mass is 310 g/mol. The van der Waals surface area contributed by atoms with Crippen LogP contribution in [0.3, 0.4) is 0 Å². The summed E-state index contributed by atoms with van der Waals surface area (Å²) in [6, 6.07) is 11.9. The van der Waals surface area contributed by atoms with Crippen LogP contribution in [0.5, 0.6) is 0 Å². The van der Waals surface area contributed by atoms with E-state index >= 15 is 0 Å². The molecule has 2 aromatic carbocycles. The van der Waals surface area contributed by atoms with E-state index in [2.05, 4.69) is 4.72 Å². The highest BCUT2D eigenvalue weighted by Crippen LogP contribution is 2.23. The quantitative estimate of drug-likeness (QED) is 0.853. The van der Waals surface area contributed by atoms with Gasteiger partial charge < -0.3 is 5.73 Å². The van der Waals surface area contributed by atoms with Gasteiger partial charge >= 0.3 is 0 Å². The summed E-state index contributed by atoms with van der Waals surface area (Å²) in [7, 11) is -3.65. The number of halogens is 1. The number of anilines is 1. The van der Waals surface area contributed by atoms with Gasteiger partial charge in [-0.15, -0.1) is 0 Å². The second-order valence-corrected chi connectivity index (χ2v) is 6.64. The molecule has 0 atom stereocenters. The molecule has 0 unspecified atom stereocenters. The Morgan fingerprint density at radius 3 is 2.40 bits per heavy atom. The topological polar surface area (TPSA) is 72.2 Å². The predicted molar refractivity (Wildman–Crippen MR) is 81.1 cm³/mol. The maximum atomic E-state index is 12.2. The highest BCUT2D eigenvalue weighted by molar-refractivity contribution is 7.89. The molecule has 4 nitrogen and oxygen atoms in total. The van der Waals surface area contributed by atoms with Crippen molar-refractivity contribution in [2.45, 2.75) is 18.4 Å². The van der Waals surface area contributed by atoms with Crippen molar-refractivity contribution in [3.05, 3.63) is 58.6 Å². The lowest BCUT2D eigenvalue weighted by Crippen LogP contribution is -2.23. The van der Waals surface area contributed by atoms with Crippen molar-refractivity contribution < 1.29 is 8.42 Å². The molecule has 2 aromatic rings. The molecular weight excluding hydrogens is 296 g/mol. The van der Waals surface area contributed by atoms with Crippen molar-refractivity contribution >= 4 is 27.3 Å². The molecule has 6 heteroatoms. The number of nitrogens with one attached hydrogen (secondary N) is 1. The molecule has 0 amide bonds. The molecule has 0 aromatic heterocycles. The summed E-state index contributed by atoms with van der Waals surface area (Å²) in [5.74, 6) is 0. The predicted octanol–water partition coefficient (Wildman–Crippen LogP) is 2.71. The molecule has 0 saturated carbocycles. The highest BCUT2D eigenvalue weighted by atomic mass is 35.5. The minimum Gasteiger partial charge on any atom is -0.399 e. The van der Waals surface area contributed by atoms with Gasteiger partial charge in [0.25, 0.3) is 0 Å². The van der Waals surface area contributed by atoms with Crippen LogP contribution in [0.4, 0.5) is 5.69 Å². The minimum absolute atomic E-state index is 0.0282. The Hall–Kier alpha value is -1.56. The molecule has 2 rings (SSSR count). The van der Waals surface area contributed by atoms with Crippen molar-refractivity contribution in [2.75, 3.05) is 5.73 Å². The van der Waals surface area contributed by atoms with Gasteiger partial charge in [-0.1, -0.05) is 41.4 Å². The molecule has 0 fully saturated rings. The fourth-order valence-electron chi connectivity index (χ4n) is 1.70. The normalized spacial score (nSPS) is 11.5. The molecule has 0 aliphatic carbocycles. The van der Waals surface area contributed by atoms with Crippen molar-refractivity contribution in [2.24, 2.45) is 0 Å². The van der Waals surface area contributed by atoms with Crippen LogP contribution in [0, 0.1) is 6.92 Å². The zero-order valence-corrected chi connectivity index (χ0v) is 12.5. The van der Waals surface area contributed by atoms with Crippen LogP contribution in [-0.2, 0) is 16.6 Å². The van der Waals surface area contributed by atoms with Crippen molar-refractivity contribution in [3.8, 4) is 0 Å². The van der Waals surface area contributed by atoms with Crippen molar-refractivity contribution in [1.29, 1.82) is 0 Å². The van der Waals surface area contributed by atoms with Gasteiger partial charge in [-0.2, -0.15) is 0 Å². The third kappa shape index (κ3) is 3.50. The van der Waals surface area contributed by atoms with Gasteiger partial charge in [0.2, 0.25) is 10.0 Å². The largest absolute Gasteiger partial charge is 0.399 e. The Bertz CT molecular complexity index is 712. The van der Waals surface area contributed by atoms with E-state index in [0.29, 0.717) is 5.69 Å². The summed E-state index contributed by atoms with van der Waals surface area (Å²) in [5.41, 5.74) is 7.98. The number of nitrogen functional groups attached to an aromatic ring is 1. The first-order chi connectivity index (χ1) is 9.38. The highest BCUT2D eigenvalue weighted by Gasteiger charge is 2.17. The Labute approximate surface area is 123 Å². The van der Waals surface area contributed by atoms with Gasteiger partial charge in [0.05, 0.1) is 5.02 Å². The lowest BCUT2D eigenvalue weighted by molar-refractivity contribution is 0.581. The Balaban J connectivity index is 2.17. The molecule has 0 saturated heterocycles. The van der Waals surface area contributed by atoms with Crippen LogP contribution in [0.2, 0.25) is 5.02 Å². The molecule has 0 heterocycles. The van der Waals surface area contributed by atoms with Gasteiger partial charge in [0, 0.05) is 12.2 Å². The molecule has 0 spiro atoms. The first-order valence-electron chi connectivity index (χ1n) is 5.99. The Morgan fingerprint density at radius 2 is 1.80 bits per heavy atom. The molecule has 0 aliphatic heterocycles. The van der Waals surface area contributed by atoms with Crippen molar-refractivity contribution in [1.82, 2.24) is 4.72 Å². The maximum Gasteiger partial charge on any atom is 0.242 e. The number of hydrogen-bond donors (Lipinski definition) is 2. The smallest absolute Gasteiger partial charge is 0.242 e. The van der Waals surface area contributed by atoms with E-state index in [9.17, 15) is 8.42 Å². The maximum absolute atomic E-state index is 12.2. The second-order valence-electron chi connectivity index (χ2n) is 4.50. The Morgan fingerprint density at radius 1 is 1.15 bits per heavy atom. The summed E-state index contributed by atoms with van der Waals surface area (Å²) < 4.78 is 26.9. The Kier molecular flexibility index (Phi) is 4.32. The van der Waals surface area contributed by atoms with Gasteiger partial charge in [-0.25, -0.2) is 13.1 Å². The fraction of sp³-hybridized carbons (Fsp3) is 0.143. The van der Waals surface area contributed by atoms with E-state index in [1.165, 1.54) is 18.2 Å². The standard InChI is InChI=1S/C14H15ClN2O2S/c1-10-2-4-11(5-3-10)9-17-20(18,19)14-7-6-12(16)8-13(14)15/h2-8,17H,9,16H2,1H3. The van der Waals surface area contributed by atoms with E-state index in [0.717, 1.165) is 11.1 Å². The molecular formula is C14H15ClN2O2S. The van der Waals surface area contributed by atoms with E-state index in [-0.39, 0.29) is 16.5 Å². The van der Waals surface area contributed by atoms with Crippen LogP contribution < -0.4 is 10.5 Å². The first-order valence-corrected chi connectivity index (χ1v) is 7.85. The lowest BCUT2D eigenvalue weighted by Gasteiger charge is -2.09. The first kappa shape index (κ1) is 14.8. The van der Waals surface area contributed by atoms with Crippen LogP contribution in [0.25, 0.3) is 0 Å². The summed E-state index contributed by atoms with van der Waals surface area (Å²) in [5, 5.41) is 0.112. The number of benzene rings is 2. The molecule has 0 radical (unpaired) electrons. The molecule has 3 N–H and O–H groups in total. The van der Waals surface area contributed by atoms with Gasteiger partial charge in [0.1, 0.15) is 4.90 Å². The number of aryl methyl sites for hydroxylation is 1. The lowest BCUT2D eigenvalue weighted by atomic mass is 10.2. The van der Waals surface area contributed by atoms with Gasteiger partial charge in [0.15, 0.2) is 0 Å². The van der Waals surface area contributed by atoms with Crippen LogP contribution >= 0.6 is 11.6 Å². The minimum atomic E-state index is -3.65. The van der Waals surface area contributed by atoms with E-state index in [4.69, 9.17) is 17.3 Å². The number of sulfonamides is 1. The number of rotatable bonds is 4. The molecule has 106 valence electrons. The van der Waals surface area contributed by atoms with E-state index < -0.39 is 10.0 Å². The average Bonchev–Trinajstić information content (AvgIpc) is 2.37. The molecule has 20 heavy (non-hydrogen) atoms. The van der Waals surface area contributed by atoms with Gasteiger partial charge in [-0.3, -0.25) is 0 Å². The number of nitrogens with two attached hydrogens (primary N) is 1. The van der Waals surface area contributed by atoms with Crippen LogP contribution in [-0.4, -0.2) is 8.42 Å². The zero-order chi connectivity index (χ0) is 14.8. The fourth-order valence-corrected chi connectivity index (χ4v) is 3.27. The SMILES string of the molecule is Cc1ccc(CNS(=O)(=O)c2ccc(N)cc2Cl)cc1. The molecule has 0 bridgehead atoms. The van der Waals surface area contributed by atoms with E-state index in [1.54, 1.807) is 0 Å². The van der Waals surface area contributed by atoms with Crippen LogP contribution in [0.15, 0.2) is 47.4 Å². The third-order valence-corrected chi connectivity index (χ3v) is 4.72. The third-order valence-electron chi connectivity index (χ3n) is 2.83. The summed E-state index contributed by atoms with van der Waals surface area (Å²) in [6.45, 7) is 2.19. The zero-order valence-electron chi connectivity index (χ0n) is 10.9. The van der Waals surface area contributed by atoms with Crippen LogP contribution in [0.1, 0.15) is 11.1 Å². The average molecular weight is 311 g/mol. The summed E-state index contributed by atoms with van der Waals surface area (Å²) >= 11 is 5.92. The second kappa shape index (κ2) is 5.83.